The zero-order chi connectivity index (χ0) is 22.1. The molecule has 2 atom stereocenters. The molecule has 0 radical (unpaired) electrons. The lowest BCUT2D eigenvalue weighted by Gasteiger charge is -2.37. The van der Waals surface area contributed by atoms with Gasteiger partial charge in [0, 0.05) is 18.7 Å². The Morgan fingerprint density at radius 2 is 1.52 bits per heavy atom. The highest BCUT2D eigenvalue weighted by atomic mass is 16.5. The van der Waals surface area contributed by atoms with Gasteiger partial charge in [0.05, 0.1) is 37.7 Å². The molecule has 0 aromatic heterocycles. The molecule has 0 bridgehead atoms. The fourth-order valence-electron chi connectivity index (χ4n) is 4.23. The number of anilines is 1. The smallest absolute Gasteiger partial charge is 0.282 e. The Labute approximate surface area is 181 Å². The monoisotopic (exact) mass is 422 g/mol. The number of morpholine rings is 1. The van der Waals surface area contributed by atoms with Crippen molar-refractivity contribution < 1.29 is 23.8 Å². The van der Waals surface area contributed by atoms with Crippen LogP contribution in [0.1, 0.15) is 19.4 Å². The molecule has 2 unspecified atom stereocenters. The van der Waals surface area contributed by atoms with Gasteiger partial charge in [0.2, 0.25) is 0 Å². The van der Waals surface area contributed by atoms with Crippen LogP contribution in [0.3, 0.4) is 0 Å². The van der Waals surface area contributed by atoms with Crippen LogP contribution in [-0.2, 0) is 14.3 Å². The summed E-state index contributed by atoms with van der Waals surface area (Å²) >= 11 is 0. The van der Waals surface area contributed by atoms with Gasteiger partial charge < -0.3 is 19.1 Å². The van der Waals surface area contributed by atoms with E-state index in [2.05, 4.69) is 0 Å². The molecule has 0 saturated carbocycles. The Bertz CT molecular complexity index is 1020. The molecule has 162 valence electrons. The van der Waals surface area contributed by atoms with Crippen LogP contribution in [-0.4, -0.2) is 56.2 Å². The minimum atomic E-state index is -0.374. The van der Waals surface area contributed by atoms with Crippen LogP contribution < -0.4 is 14.4 Å². The van der Waals surface area contributed by atoms with Gasteiger partial charge in [0.25, 0.3) is 11.8 Å². The van der Waals surface area contributed by atoms with Crippen molar-refractivity contribution in [2.24, 2.45) is 0 Å². The zero-order valence-electron chi connectivity index (χ0n) is 18.1. The molecule has 0 aliphatic carbocycles. The molecular weight excluding hydrogens is 396 g/mol. The Balaban J connectivity index is 1.84. The summed E-state index contributed by atoms with van der Waals surface area (Å²) < 4.78 is 16.6. The first-order chi connectivity index (χ1) is 14.9. The molecule has 1 saturated heterocycles. The molecule has 2 aromatic rings. The lowest BCUT2D eigenvalue weighted by atomic mass is 10.0. The lowest BCUT2D eigenvalue weighted by Crippen LogP contribution is -2.47. The molecule has 2 aliphatic heterocycles. The van der Waals surface area contributed by atoms with Crippen LogP contribution in [0.25, 0.3) is 5.57 Å². The summed E-state index contributed by atoms with van der Waals surface area (Å²) in [6.07, 6.45) is -0.124. The van der Waals surface area contributed by atoms with Gasteiger partial charge in [-0.1, -0.05) is 18.2 Å². The number of para-hydroxylation sites is 1. The van der Waals surface area contributed by atoms with Gasteiger partial charge in [-0.3, -0.25) is 9.59 Å². The Morgan fingerprint density at radius 1 is 0.871 bits per heavy atom. The number of methoxy groups -OCH3 is 2. The second kappa shape index (κ2) is 8.43. The number of benzene rings is 2. The van der Waals surface area contributed by atoms with Crippen LogP contribution in [0.15, 0.2) is 54.2 Å². The maximum absolute atomic E-state index is 13.7. The Kier molecular flexibility index (Phi) is 5.69. The van der Waals surface area contributed by atoms with Crippen molar-refractivity contribution in [1.82, 2.24) is 4.90 Å². The normalized spacial score (nSPS) is 21.7. The van der Waals surface area contributed by atoms with Crippen LogP contribution >= 0.6 is 0 Å². The van der Waals surface area contributed by atoms with Crippen molar-refractivity contribution >= 4 is 23.1 Å². The van der Waals surface area contributed by atoms with Crippen molar-refractivity contribution in [2.75, 3.05) is 32.2 Å². The summed E-state index contributed by atoms with van der Waals surface area (Å²) in [5.74, 6) is 0.470. The van der Waals surface area contributed by atoms with E-state index < -0.39 is 0 Å². The first-order valence-electron chi connectivity index (χ1n) is 10.3. The molecule has 31 heavy (non-hydrogen) atoms. The summed E-state index contributed by atoms with van der Waals surface area (Å²) in [5.41, 5.74) is 1.82. The highest BCUT2D eigenvalue weighted by Crippen LogP contribution is 2.39. The van der Waals surface area contributed by atoms with Gasteiger partial charge in [0.1, 0.15) is 17.2 Å². The third-order valence-electron chi connectivity index (χ3n) is 5.50. The molecule has 2 heterocycles. The zero-order valence-corrected chi connectivity index (χ0v) is 18.1. The number of carbonyl (C=O) groups is 2. The largest absolute Gasteiger partial charge is 0.497 e. The van der Waals surface area contributed by atoms with Crippen molar-refractivity contribution in [3.05, 3.63) is 59.8 Å². The minimum absolute atomic E-state index is 0.0619. The van der Waals surface area contributed by atoms with Gasteiger partial charge in [0.15, 0.2) is 0 Å². The molecule has 2 amide bonds. The number of nitrogens with zero attached hydrogens (tertiary/aromatic N) is 2. The maximum atomic E-state index is 13.7. The quantitative estimate of drug-likeness (QED) is 0.690. The standard InChI is InChI=1S/C24H26N2O5/c1-15-13-25(14-16(2)31-15)22-21(19-7-5-6-8-20(19)30-4)23(27)26(24(22)28)17-9-11-18(29-3)12-10-17/h5-12,15-16H,13-14H2,1-4H3. The summed E-state index contributed by atoms with van der Waals surface area (Å²) in [5, 5.41) is 0. The molecule has 0 spiro atoms. The van der Waals surface area contributed by atoms with E-state index >= 15 is 0 Å². The van der Waals surface area contributed by atoms with E-state index in [0.717, 1.165) is 0 Å². The van der Waals surface area contributed by atoms with E-state index in [-0.39, 0.29) is 24.0 Å². The molecule has 4 rings (SSSR count). The fraction of sp³-hybridized carbons (Fsp3) is 0.333. The summed E-state index contributed by atoms with van der Waals surface area (Å²) in [6.45, 7) is 4.98. The molecule has 1 fully saturated rings. The van der Waals surface area contributed by atoms with Gasteiger partial charge in [-0.15, -0.1) is 0 Å². The number of ether oxygens (including phenoxy) is 3. The first kappa shape index (κ1) is 20.9. The highest BCUT2D eigenvalue weighted by Gasteiger charge is 2.44. The van der Waals surface area contributed by atoms with Gasteiger partial charge >= 0.3 is 0 Å². The number of hydrogen-bond donors (Lipinski definition) is 0. The Hall–Kier alpha value is -3.32. The predicted molar refractivity (Wildman–Crippen MR) is 117 cm³/mol. The van der Waals surface area contributed by atoms with E-state index in [0.29, 0.717) is 47.1 Å². The molecule has 2 aromatic carbocycles. The first-order valence-corrected chi connectivity index (χ1v) is 10.3. The van der Waals surface area contributed by atoms with Crippen LogP contribution in [0.4, 0.5) is 5.69 Å². The third-order valence-corrected chi connectivity index (χ3v) is 5.50. The van der Waals surface area contributed by atoms with Crippen LogP contribution in [0.5, 0.6) is 11.5 Å². The number of hydrogen-bond acceptors (Lipinski definition) is 6. The summed E-state index contributed by atoms with van der Waals surface area (Å²) in [4.78, 5) is 30.5. The number of imide groups is 1. The average Bonchev–Trinajstić information content (AvgIpc) is 3.03. The fourth-order valence-corrected chi connectivity index (χ4v) is 4.23. The van der Waals surface area contributed by atoms with E-state index in [1.807, 2.05) is 36.9 Å². The second-order valence-corrected chi connectivity index (χ2v) is 7.73. The van der Waals surface area contributed by atoms with Crippen LogP contribution in [0.2, 0.25) is 0 Å². The Morgan fingerprint density at radius 3 is 2.13 bits per heavy atom. The van der Waals surface area contributed by atoms with Crippen molar-refractivity contribution in [3.8, 4) is 11.5 Å². The van der Waals surface area contributed by atoms with E-state index in [1.165, 1.54) is 4.90 Å². The summed E-state index contributed by atoms with van der Waals surface area (Å²) in [6, 6.07) is 14.2. The molecular formula is C24H26N2O5. The SMILES string of the molecule is COc1ccc(N2C(=O)C(c3ccccc3OC)=C(N3CC(C)OC(C)C3)C2=O)cc1. The second-order valence-electron chi connectivity index (χ2n) is 7.73. The highest BCUT2D eigenvalue weighted by molar-refractivity contribution is 6.45. The third kappa shape index (κ3) is 3.77. The average molecular weight is 422 g/mol. The van der Waals surface area contributed by atoms with Crippen molar-refractivity contribution in [1.29, 1.82) is 0 Å². The molecule has 2 aliphatic rings. The van der Waals surface area contributed by atoms with E-state index in [4.69, 9.17) is 14.2 Å². The van der Waals surface area contributed by atoms with Gasteiger partial charge in [-0.2, -0.15) is 0 Å². The van der Waals surface area contributed by atoms with E-state index in [1.54, 1.807) is 44.6 Å². The topological polar surface area (TPSA) is 68.3 Å². The molecule has 7 heteroatoms. The van der Waals surface area contributed by atoms with Gasteiger partial charge in [-0.25, -0.2) is 4.90 Å². The predicted octanol–water partition coefficient (Wildman–Crippen LogP) is 3.10. The minimum Gasteiger partial charge on any atom is -0.497 e. The molecule has 0 N–H and O–H groups in total. The van der Waals surface area contributed by atoms with Crippen LogP contribution in [0, 0.1) is 0 Å². The van der Waals surface area contributed by atoms with Crippen molar-refractivity contribution in [2.45, 2.75) is 26.1 Å². The number of carbonyl (C=O) groups excluding carboxylic acids is 2. The lowest BCUT2D eigenvalue weighted by molar-refractivity contribution is -0.121. The molecule has 7 nitrogen and oxygen atoms in total. The van der Waals surface area contributed by atoms with Crippen molar-refractivity contribution in [3.63, 3.8) is 0 Å². The maximum Gasteiger partial charge on any atom is 0.282 e. The number of amides is 2. The number of rotatable bonds is 5. The summed E-state index contributed by atoms with van der Waals surface area (Å²) in [7, 11) is 3.13. The van der Waals surface area contributed by atoms with Gasteiger partial charge in [-0.05, 0) is 44.2 Å². The van der Waals surface area contributed by atoms with E-state index in [9.17, 15) is 9.59 Å².